The minimum atomic E-state index is 0.296. The fraction of sp³-hybridized carbons (Fsp3) is 0.625. The molecule has 0 saturated carbocycles. The smallest absolute Gasteiger partial charge is 0.0469 e. The number of likely N-dealkylation sites (N-methyl/N-ethyl adjacent to an activating group) is 1. The molecule has 1 heterocycles. The van der Waals surface area contributed by atoms with Crippen molar-refractivity contribution in [3.8, 4) is 0 Å². The molecule has 1 atom stereocenters. The van der Waals surface area contributed by atoms with Crippen LogP contribution in [0.3, 0.4) is 0 Å². The average Bonchev–Trinajstić information content (AvgIpc) is 2.44. The van der Waals surface area contributed by atoms with Gasteiger partial charge < -0.3 is 10.5 Å². The predicted octanol–water partition coefficient (Wildman–Crippen LogP) is 3.12. The monoisotopic (exact) mass is 340 g/mol. The zero-order valence-electron chi connectivity index (χ0n) is 12.4. The molecule has 0 radical (unpaired) electrons. The summed E-state index contributed by atoms with van der Waals surface area (Å²) < 4.78 is 6.59. The van der Waals surface area contributed by atoms with Gasteiger partial charge in [0.25, 0.3) is 0 Å². The van der Waals surface area contributed by atoms with E-state index < -0.39 is 0 Å². The minimum absolute atomic E-state index is 0.296. The molecule has 1 aliphatic rings. The van der Waals surface area contributed by atoms with Gasteiger partial charge in [0, 0.05) is 36.8 Å². The molecular weight excluding hydrogens is 316 g/mol. The molecule has 2 N–H and O–H groups in total. The van der Waals surface area contributed by atoms with E-state index in [1.807, 2.05) is 0 Å². The van der Waals surface area contributed by atoms with E-state index in [0.717, 1.165) is 30.1 Å². The highest BCUT2D eigenvalue weighted by atomic mass is 79.9. The van der Waals surface area contributed by atoms with Crippen molar-refractivity contribution in [2.45, 2.75) is 25.8 Å². The van der Waals surface area contributed by atoms with Crippen LogP contribution in [-0.4, -0.2) is 38.3 Å². The van der Waals surface area contributed by atoms with E-state index in [0.29, 0.717) is 12.6 Å². The maximum atomic E-state index is 6.02. The van der Waals surface area contributed by atoms with Gasteiger partial charge in [-0.05, 0) is 49.9 Å². The second-order valence-corrected chi connectivity index (χ2v) is 6.61. The third kappa shape index (κ3) is 4.04. The first-order chi connectivity index (χ1) is 9.61. The lowest BCUT2D eigenvalue weighted by Gasteiger charge is -2.32. The highest BCUT2D eigenvalue weighted by Gasteiger charge is 2.21. The van der Waals surface area contributed by atoms with Gasteiger partial charge in [-0.25, -0.2) is 0 Å². The van der Waals surface area contributed by atoms with Crippen LogP contribution < -0.4 is 5.73 Å². The summed E-state index contributed by atoms with van der Waals surface area (Å²) in [6.45, 7) is 5.69. The molecular formula is C16H25BrN2O. The van der Waals surface area contributed by atoms with Gasteiger partial charge >= 0.3 is 0 Å². The number of halogens is 1. The molecule has 0 bridgehead atoms. The van der Waals surface area contributed by atoms with Gasteiger partial charge in [0.15, 0.2) is 0 Å². The second kappa shape index (κ2) is 7.55. The van der Waals surface area contributed by atoms with Crippen molar-refractivity contribution in [2.24, 2.45) is 11.7 Å². The summed E-state index contributed by atoms with van der Waals surface area (Å²) in [5.41, 5.74) is 8.59. The van der Waals surface area contributed by atoms with Crippen LogP contribution in [0.4, 0.5) is 0 Å². The average molecular weight is 341 g/mol. The van der Waals surface area contributed by atoms with Crippen molar-refractivity contribution < 1.29 is 4.74 Å². The first-order valence-electron chi connectivity index (χ1n) is 7.36. The van der Waals surface area contributed by atoms with Crippen LogP contribution in [0.15, 0.2) is 22.7 Å². The SMILES string of the molecule is Cc1cc(C(CN)N(C)CC2CCOCC2)ccc1Br. The Morgan fingerprint density at radius 3 is 2.70 bits per heavy atom. The molecule has 1 aromatic carbocycles. The standard InChI is InChI=1S/C16H25BrN2O/c1-12-9-14(3-4-15(12)17)16(10-18)19(2)11-13-5-7-20-8-6-13/h3-4,9,13,16H,5-8,10-11,18H2,1-2H3. The Hall–Kier alpha value is -0.420. The number of rotatable bonds is 5. The van der Waals surface area contributed by atoms with E-state index in [1.165, 1.54) is 24.0 Å². The molecule has 20 heavy (non-hydrogen) atoms. The summed E-state index contributed by atoms with van der Waals surface area (Å²) in [4.78, 5) is 2.40. The van der Waals surface area contributed by atoms with Crippen molar-refractivity contribution in [3.05, 3.63) is 33.8 Å². The minimum Gasteiger partial charge on any atom is -0.381 e. The van der Waals surface area contributed by atoms with Crippen LogP contribution in [0.5, 0.6) is 0 Å². The topological polar surface area (TPSA) is 38.5 Å². The van der Waals surface area contributed by atoms with Gasteiger partial charge in [-0.2, -0.15) is 0 Å². The fourth-order valence-corrected chi connectivity index (χ4v) is 3.16. The van der Waals surface area contributed by atoms with Gasteiger partial charge in [0.05, 0.1) is 0 Å². The van der Waals surface area contributed by atoms with Gasteiger partial charge in [-0.3, -0.25) is 4.90 Å². The fourth-order valence-electron chi connectivity index (χ4n) is 2.91. The van der Waals surface area contributed by atoms with E-state index in [-0.39, 0.29) is 0 Å². The lowest BCUT2D eigenvalue weighted by atomic mass is 9.97. The largest absolute Gasteiger partial charge is 0.381 e. The van der Waals surface area contributed by atoms with E-state index in [9.17, 15) is 0 Å². The molecule has 0 amide bonds. The van der Waals surface area contributed by atoms with Crippen LogP contribution in [0.25, 0.3) is 0 Å². The van der Waals surface area contributed by atoms with Crippen LogP contribution in [0.2, 0.25) is 0 Å². The van der Waals surface area contributed by atoms with Crippen molar-refractivity contribution in [1.82, 2.24) is 4.90 Å². The maximum Gasteiger partial charge on any atom is 0.0469 e. The van der Waals surface area contributed by atoms with E-state index in [1.54, 1.807) is 0 Å². The highest BCUT2D eigenvalue weighted by Crippen LogP contribution is 2.26. The van der Waals surface area contributed by atoms with Crippen molar-refractivity contribution >= 4 is 15.9 Å². The van der Waals surface area contributed by atoms with Crippen LogP contribution >= 0.6 is 15.9 Å². The Labute approximate surface area is 130 Å². The summed E-state index contributed by atoms with van der Waals surface area (Å²) >= 11 is 3.56. The Bertz CT molecular complexity index is 432. The zero-order valence-corrected chi connectivity index (χ0v) is 14.0. The molecule has 0 spiro atoms. The summed E-state index contributed by atoms with van der Waals surface area (Å²) in [7, 11) is 2.18. The Morgan fingerprint density at radius 1 is 1.40 bits per heavy atom. The molecule has 2 rings (SSSR count). The van der Waals surface area contributed by atoms with E-state index in [2.05, 4.69) is 53.0 Å². The molecule has 3 nitrogen and oxygen atoms in total. The molecule has 4 heteroatoms. The molecule has 1 fully saturated rings. The van der Waals surface area contributed by atoms with Crippen molar-refractivity contribution in [3.63, 3.8) is 0 Å². The summed E-state index contributed by atoms with van der Waals surface area (Å²) in [6.07, 6.45) is 2.34. The highest BCUT2D eigenvalue weighted by molar-refractivity contribution is 9.10. The van der Waals surface area contributed by atoms with Crippen molar-refractivity contribution in [2.75, 3.05) is 33.4 Å². The normalized spacial score (nSPS) is 18.4. The number of ether oxygens (including phenoxy) is 1. The van der Waals surface area contributed by atoms with E-state index >= 15 is 0 Å². The first kappa shape index (κ1) is 16.0. The Balaban J connectivity index is 2.03. The quantitative estimate of drug-likeness (QED) is 0.894. The van der Waals surface area contributed by atoms with Gasteiger partial charge in [0.2, 0.25) is 0 Å². The Kier molecular flexibility index (Phi) is 6.02. The van der Waals surface area contributed by atoms with Gasteiger partial charge in [0.1, 0.15) is 0 Å². The number of nitrogens with two attached hydrogens (primary N) is 1. The van der Waals surface area contributed by atoms with Gasteiger partial charge in [-0.1, -0.05) is 28.1 Å². The zero-order chi connectivity index (χ0) is 14.5. The molecule has 0 aliphatic carbocycles. The summed E-state index contributed by atoms with van der Waals surface area (Å²) in [6, 6.07) is 6.83. The third-order valence-corrected chi connectivity index (χ3v) is 5.10. The molecule has 1 saturated heterocycles. The van der Waals surface area contributed by atoms with Crippen LogP contribution in [0.1, 0.15) is 30.0 Å². The molecule has 112 valence electrons. The lowest BCUT2D eigenvalue weighted by Crippen LogP contribution is -2.36. The number of benzene rings is 1. The first-order valence-corrected chi connectivity index (χ1v) is 8.15. The third-order valence-electron chi connectivity index (χ3n) is 4.21. The predicted molar refractivity (Wildman–Crippen MR) is 86.8 cm³/mol. The molecule has 1 unspecified atom stereocenters. The maximum absolute atomic E-state index is 6.02. The van der Waals surface area contributed by atoms with E-state index in [4.69, 9.17) is 10.5 Å². The van der Waals surface area contributed by atoms with Crippen LogP contribution in [-0.2, 0) is 4.74 Å². The van der Waals surface area contributed by atoms with Crippen molar-refractivity contribution in [1.29, 1.82) is 0 Å². The number of hydrogen-bond donors (Lipinski definition) is 1. The molecule has 1 aromatic rings. The summed E-state index contributed by atoms with van der Waals surface area (Å²) in [5, 5.41) is 0. The lowest BCUT2D eigenvalue weighted by molar-refractivity contribution is 0.0507. The van der Waals surface area contributed by atoms with Crippen LogP contribution in [0, 0.1) is 12.8 Å². The number of hydrogen-bond acceptors (Lipinski definition) is 3. The number of aryl methyl sites for hydroxylation is 1. The second-order valence-electron chi connectivity index (χ2n) is 5.76. The van der Waals surface area contributed by atoms with Gasteiger partial charge in [-0.15, -0.1) is 0 Å². The Morgan fingerprint density at radius 2 is 2.10 bits per heavy atom. The molecule has 0 aromatic heterocycles. The number of nitrogens with zero attached hydrogens (tertiary/aromatic N) is 1. The summed E-state index contributed by atoms with van der Waals surface area (Å²) in [5.74, 6) is 0.736. The molecule has 1 aliphatic heterocycles.